The maximum Gasteiger partial charge on any atom is 0.429 e. The van der Waals surface area contributed by atoms with Crippen LogP contribution in [0, 0.1) is 5.41 Å². The first kappa shape index (κ1) is 33.3. The number of piperidine rings is 1. The van der Waals surface area contributed by atoms with Crippen molar-refractivity contribution >= 4 is 35.2 Å². The van der Waals surface area contributed by atoms with Crippen molar-refractivity contribution in [3.63, 3.8) is 0 Å². The van der Waals surface area contributed by atoms with Gasteiger partial charge in [0.1, 0.15) is 11.9 Å². The maximum absolute atomic E-state index is 14.8. The van der Waals surface area contributed by atoms with E-state index in [9.17, 15) is 27.9 Å². The van der Waals surface area contributed by atoms with E-state index < -0.39 is 24.3 Å². The Hall–Kier alpha value is -4.10. The Morgan fingerprint density at radius 1 is 1.15 bits per heavy atom. The Balaban J connectivity index is 1.43. The average Bonchev–Trinajstić information content (AvgIpc) is 3.44. The van der Waals surface area contributed by atoms with Crippen molar-refractivity contribution in [2.24, 2.45) is 5.41 Å². The lowest BCUT2D eigenvalue weighted by atomic mass is 9.76. The Kier molecular flexibility index (Phi) is 9.64. The van der Waals surface area contributed by atoms with Crippen molar-refractivity contribution in [2.75, 3.05) is 43.4 Å². The van der Waals surface area contributed by atoms with Gasteiger partial charge in [0.05, 0.1) is 0 Å². The fraction of sp³-hybridized carbons (Fsp3) is 0.438. The van der Waals surface area contributed by atoms with E-state index in [1.165, 1.54) is 24.3 Å². The van der Waals surface area contributed by atoms with Crippen LogP contribution >= 0.6 is 11.6 Å². The summed E-state index contributed by atoms with van der Waals surface area (Å²) in [5, 5.41) is 12.7. The number of hydrogen-bond acceptors (Lipinski definition) is 8. The number of hydrogen-bond donors (Lipinski definition) is 3. The molecular weight excluding hydrogens is 625 g/mol. The molecule has 2 aliphatic heterocycles. The summed E-state index contributed by atoms with van der Waals surface area (Å²) in [5.41, 5.74) is 6.41. The number of ether oxygens (including phenoxy) is 1. The predicted molar refractivity (Wildman–Crippen MR) is 168 cm³/mol. The SMILES string of the molecule is CCN(CC)C(=O)c1cccc(-c2cc(Cl)ccc2[C@@H](Oc2cc(N3CCC4(CC3)CN[C@H](C(=O)O)C4)nc(N)n2)C(F)(F)F)c1. The third-order valence-electron chi connectivity index (χ3n) is 8.82. The average molecular weight is 661 g/mol. The zero-order valence-electron chi connectivity index (χ0n) is 25.5. The predicted octanol–water partition coefficient (Wildman–Crippen LogP) is 5.58. The monoisotopic (exact) mass is 660 g/mol. The van der Waals surface area contributed by atoms with Gasteiger partial charge in [0.15, 0.2) is 0 Å². The van der Waals surface area contributed by atoms with Gasteiger partial charge >= 0.3 is 12.1 Å². The van der Waals surface area contributed by atoms with Gasteiger partial charge in [0.2, 0.25) is 17.9 Å². The minimum absolute atomic E-state index is 0.150. The minimum Gasteiger partial charge on any atom is -0.480 e. The zero-order valence-corrected chi connectivity index (χ0v) is 26.2. The number of aromatic nitrogens is 2. The molecule has 2 saturated heterocycles. The molecule has 2 aromatic carbocycles. The Bertz CT molecular complexity index is 1590. The fourth-order valence-electron chi connectivity index (χ4n) is 6.28. The number of carboxylic acids is 1. The van der Waals surface area contributed by atoms with E-state index >= 15 is 0 Å². The van der Waals surface area contributed by atoms with Crippen LogP contribution in [-0.2, 0) is 4.79 Å². The summed E-state index contributed by atoms with van der Waals surface area (Å²) in [6.07, 6.45) is -5.45. The van der Waals surface area contributed by atoms with Gasteiger partial charge in [-0.05, 0) is 73.9 Å². The normalized spacial score (nSPS) is 18.4. The highest BCUT2D eigenvalue weighted by atomic mass is 35.5. The first-order chi connectivity index (χ1) is 21.8. The van der Waals surface area contributed by atoms with E-state index in [1.54, 1.807) is 29.2 Å². The van der Waals surface area contributed by atoms with Gasteiger partial charge in [-0.1, -0.05) is 29.8 Å². The number of carbonyl (C=O) groups is 2. The summed E-state index contributed by atoms with van der Waals surface area (Å²) in [7, 11) is 0. The summed E-state index contributed by atoms with van der Waals surface area (Å²) < 4.78 is 49.9. The number of anilines is 2. The van der Waals surface area contributed by atoms with Crippen LogP contribution in [0.15, 0.2) is 48.5 Å². The molecule has 1 spiro atoms. The summed E-state index contributed by atoms with van der Waals surface area (Å²) in [5.74, 6) is -1.41. The molecule has 5 rings (SSSR count). The van der Waals surface area contributed by atoms with Crippen LogP contribution < -0.4 is 20.7 Å². The van der Waals surface area contributed by atoms with Crippen molar-refractivity contribution < 1.29 is 32.6 Å². The molecule has 0 saturated carbocycles. The van der Waals surface area contributed by atoms with Crippen LogP contribution in [0.25, 0.3) is 11.1 Å². The van der Waals surface area contributed by atoms with Gasteiger partial charge in [-0.3, -0.25) is 9.59 Å². The molecule has 14 heteroatoms. The number of rotatable bonds is 9. The summed E-state index contributed by atoms with van der Waals surface area (Å²) in [6.45, 7) is 6.27. The molecule has 3 heterocycles. The van der Waals surface area contributed by atoms with Gasteiger partial charge in [0, 0.05) is 54.9 Å². The molecule has 0 radical (unpaired) electrons. The van der Waals surface area contributed by atoms with Crippen molar-refractivity contribution in [2.45, 2.75) is 51.4 Å². The molecule has 2 atom stereocenters. The van der Waals surface area contributed by atoms with Gasteiger partial charge in [-0.25, -0.2) is 0 Å². The van der Waals surface area contributed by atoms with E-state index in [0.717, 1.165) is 0 Å². The zero-order chi connectivity index (χ0) is 33.2. The second kappa shape index (κ2) is 13.3. The number of nitrogens with zero attached hydrogens (tertiary/aromatic N) is 4. The summed E-state index contributed by atoms with van der Waals surface area (Å²) >= 11 is 6.27. The van der Waals surface area contributed by atoms with Crippen LogP contribution in [0.5, 0.6) is 5.88 Å². The molecule has 246 valence electrons. The summed E-state index contributed by atoms with van der Waals surface area (Å²) in [6, 6.07) is 11.2. The topological polar surface area (TPSA) is 134 Å². The van der Waals surface area contributed by atoms with Crippen LogP contribution in [-0.4, -0.2) is 76.8 Å². The number of amides is 1. The molecule has 2 fully saturated rings. The lowest BCUT2D eigenvalue weighted by Crippen LogP contribution is -2.41. The van der Waals surface area contributed by atoms with Gasteiger partial charge in [-0.15, -0.1) is 0 Å². The molecule has 10 nitrogen and oxygen atoms in total. The number of alkyl halides is 3. The lowest BCUT2D eigenvalue weighted by Gasteiger charge is -2.39. The molecule has 4 N–H and O–H groups in total. The van der Waals surface area contributed by atoms with E-state index in [1.807, 2.05) is 18.7 Å². The number of carbonyl (C=O) groups excluding carboxylic acids is 1. The van der Waals surface area contributed by atoms with E-state index in [0.29, 0.717) is 68.9 Å². The third kappa shape index (κ3) is 7.15. The number of benzene rings is 2. The Labute approximate surface area is 269 Å². The van der Waals surface area contributed by atoms with Crippen LogP contribution in [0.2, 0.25) is 5.02 Å². The van der Waals surface area contributed by atoms with Crippen molar-refractivity contribution in [3.8, 4) is 17.0 Å². The highest BCUT2D eigenvalue weighted by Crippen LogP contribution is 2.43. The Morgan fingerprint density at radius 2 is 1.87 bits per heavy atom. The molecule has 0 bridgehead atoms. The molecule has 46 heavy (non-hydrogen) atoms. The smallest absolute Gasteiger partial charge is 0.429 e. The van der Waals surface area contributed by atoms with Crippen molar-refractivity contribution in [1.29, 1.82) is 0 Å². The number of carboxylic acid groups (broad SMARTS) is 1. The van der Waals surface area contributed by atoms with E-state index in [2.05, 4.69) is 15.3 Å². The largest absolute Gasteiger partial charge is 0.480 e. The maximum atomic E-state index is 14.8. The summed E-state index contributed by atoms with van der Waals surface area (Å²) in [4.78, 5) is 36.2. The van der Waals surface area contributed by atoms with Crippen LogP contribution in [0.4, 0.5) is 24.9 Å². The van der Waals surface area contributed by atoms with Gasteiger partial charge in [-0.2, -0.15) is 23.1 Å². The number of nitrogens with two attached hydrogens (primary N) is 1. The highest BCUT2D eigenvalue weighted by molar-refractivity contribution is 6.30. The standard InChI is InChI=1S/C32H36ClF3N6O4/c1-3-41(4-2)28(43)20-7-5-6-19(14-20)23-15-21(33)8-9-22(23)27(32(34,35)36)46-26-16-25(39-30(37)40-26)42-12-10-31(11-13-42)17-24(29(44)45)38-18-31/h5-9,14-16,24,27,38H,3-4,10-13,17-18H2,1-2H3,(H,44,45)(H2,37,39,40)/t24-,27+/m0/s1. The molecular formula is C32H36ClF3N6O4. The third-order valence-corrected chi connectivity index (χ3v) is 9.05. The molecule has 3 aromatic rings. The molecule has 2 aliphatic rings. The highest BCUT2D eigenvalue weighted by Gasteiger charge is 2.46. The van der Waals surface area contributed by atoms with E-state index in [-0.39, 0.29) is 39.3 Å². The number of nitrogens with one attached hydrogen (secondary N) is 1. The second-order valence-corrected chi connectivity index (χ2v) is 12.2. The number of halogens is 4. The number of aliphatic carboxylic acids is 1. The second-order valence-electron chi connectivity index (χ2n) is 11.7. The van der Waals surface area contributed by atoms with E-state index in [4.69, 9.17) is 22.1 Å². The van der Waals surface area contributed by atoms with Crippen molar-refractivity contribution in [1.82, 2.24) is 20.2 Å². The fourth-order valence-corrected chi connectivity index (χ4v) is 6.46. The molecule has 0 aliphatic carbocycles. The van der Waals surface area contributed by atoms with Gasteiger partial charge in [0.25, 0.3) is 5.91 Å². The lowest BCUT2D eigenvalue weighted by molar-refractivity contribution is -0.198. The molecule has 0 unspecified atom stereocenters. The Morgan fingerprint density at radius 3 is 2.50 bits per heavy atom. The van der Waals surface area contributed by atoms with Crippen LogP contribution in [0.1, 0.15) is 55.1 Å². The first-order valence-electron chi connectivity index (χ1n) is 15.1. The first-order valence-corrected chi connectivity index (χ1v) is 15.5. The van der Waals surface area contributed by atoms with Crippen LogP contribution in [0.3, 0.4) is 0 Å². The quantitative estimate of drug-likeness (QED) is 0.269. The number of nitrogen functional groups attached to an aromatic ring is 1. The van der Waals surface area contributed by atoms with Gasteiger partial charge < -0.3 is 30.7 Å². The minimum atomic E-state index is -4.87. The van der Waals surface area contributed by atoms with Crippen molar-refractivity contribution in [3.05, 3.63) is 64.7 Å². The molecule has 1 amide bonds. The molecule has 1 aromatic heterocycles.